The summed E-state index contributed by atoms with van der Waals surface area (Å²) in [4.78, 5) is 11.7. The molecule has 0 amide bonds. The Balaban J connectivity index is 2.39. The number of benzene rings is 1. The Morgan fingerprint density at radius 2 is 1.89 bits per heavy atom. The number of nitriles is 1. The van der Waals surface area contributed by atoms with E-state index in [1.54, 1.807) is 18.2 Å². The molecule has 0 unspecified atom stereocenters. The topological polar surface area (TPSA) is 58.7 Å². The highest BCUT2D eigenvalue weighted by atomic mass is 16.1. The van der Waals surface area contributed by atoms with Gasteiger partial charge in [-0.25, -0.2) is 4.68 Å². The van der Waals surface area contributed by atoms with E-state index in [1.807, 2.05) is 26.0 Å². The quantitative estimate of drug-likeness (QED) is 0.844. The lowest BCUT2D eigenvalue weighted by Gasteiger charge is -2.09. The fourth-order valence-electron chi connectivity index (χ4n) is 1.80. The Morgan fingerprint density at radius 3 is 2.47 bits per heavy atom. The summed E-state index contributed by atoms with van der Waals surface area (Å²) >= 11 is 0. The van der Waals surface area contributed by atoms with Gasteiger partial charge in [-0.15, -0.1) is 0 Å². The van der Waals surface area contributed by atoms with Crippen molar-refractivity contribution in [1.82, 2.24) is 9.78 Å². The highest BCUT2D eigenvalue weighted by molar-refractivity contribution is 5.59. The van der Waals surface area contributed by atoms with E-state index in [-0.39, 0.29) is 5.56 Å². The first-order chi connectivity index (χ1) is 9.10. The van der Waals surface area contributed by atoms with Gasteiger partial charge in [0.25, 0.3) is 5.56 Å². The van der Waals surface area contributed by atoms with Crippen molar-refractivity contribution in [1.29, 1.82) is 5.26 Å². The molecule has 0 spiro atoms. The van der Waals surface area contributed by atoms with Gasteiger partial charge in [-0.2, -0.15) is 10.4 Å². The lowest BCUT2D eigenvalue weighted by atomic mass is 10.1. The van der Waals surface area contributed by atoms with Gasteiger partial charge in [0.1, 0.15) is 0 Å². The van der Waals surface area contributed by atoms with Crippen LogP contribution in [0.15, 0.2) is 41.2 Å². The van der Waals surface area contributed by atoms with Crippen LogP contribution in [0.5, 0.6) is 0 Å². The van der Waals surface area contributed by atoms with Crippen molar-refractivity contribution in [2.24, 2.45) is 5.92 Å². The van der Waals surface area contributed by atoms with Crippen LogP contribution < -0.4 is 5.56 Å². The molecule has 2 rings (SSSR count). The average molecular weight is 253 g/mol. The summed E-state index contributed by atoms with van der Waals surface area (Å²) < 4.78 is 1.48. The van der Waals surface area contributed by atoms with Crippen LogP contribution in [0.25, 0.3) is 11.3 Å². The standard InChI is InChI=1S/C15H15N3O/c1-11(2)10-18-15(19)8-7-14(17-18)13-5-3-12(9-16)4-6-13/h3-8,11H,10H2,1-2H3. The number of nitrogens with zero attached hydrogens (tertiary/aromatic N) is 3. The Bertz CT molecular complexity index is 663. The minimum atomic E-state index is -0.0916. The molecule has 0 bridgehead atoms. The predicted octanol–water partition coefficient (Wildman–Crippen LogP) is 2.44. The van der Waals surface area contributed by atoms with E-state index in [4.69, 9.17) is 5.26 Å². The van der Waals surface area contributed by atoms with Gasteiger partial charge < -0.3 is 0 Å². The van der Waals surface area contributed by atoms with Crippen molar-refractivity contribution >= 4 is 0 Å². The van der Waals surface area contributed by atoms with Crippen LogP contribution in [-0.2, 0) is 6.54 Å². The van der Waals surface area contributed by atoms with Gasteiger partial charge in [0.05, 0.1) is 17.3 Å². The van der Waals surface area contributed by atoms with Gasteiger partial charge in [-0.3, -0.25) is 4.79 Å². The maximum Gasteiger partial charge on any atom is 0.266 e. The molecular weight excluding hydrogens is 238 g/mol. The molecule has 0 aliphatic heterocycles. The minimum Gasteiger partial charge on any atom is -0.268 e. The molecule has 1 aromatic heterocycles. The van der Waals surface area contributed by atoms with Crippen molar-refractivity contribution in [2.45, 2.75) is 20.4 Å². The zero-order valence-corrected chi connectivity index (χ0v) is 11.0. The number of hydrogen-bond donors (Lipinski definition) is 0. The molecule has 4 nitrogen and oxygen atoms in total. The van der Waals surface area contributed by atoms with E-state index < -0.39 is 0 Å². The third-order valence-electron chi connectivity index (χ3n) is 2.71. The van der Waals surface area contributed by atoms with Crippen molar-refractivity contribution in [3.8, 4) is 17.3 Å². The van der Waals surface area contributed by atoms with Gasteiger partial charge in [-0.1, -0.05) is 26.0 Å². The van der Waals surface area contributed by atoms with E-state index in [9.17, 15) is 4.79 Å². The van der Waals surface area contributed by atoms with Gasteiger partial charge in [-0.05, 0) is 24.1 Å². The average Bonchev–Trinajstić information content (AvgIpc) is 2.41. The molecule has 0 atom stereocenters. The summed E-state index contributed by atoms with van der Waals surface area (Å²) in [6.45, 7) is 4.69. The second-order valence-electron chi connectivity index (χ2n) is 4.82. The molecule has 1 heterocycles. The van der Waals surface area contributed by atoms with E-state index in [0.717, 1.165) is 11.3 Å². The molecule has 96 valence electrons. The van der Waals surface area contributed by atoms with Crippen LogP contribution in [0, 0.1) is 17.2 Å². The first kappa shape index (κ1) is 13.0. The lowest BCUT2D eigenvalue weighted by molar-refractivity contribution is 0.465. The second-order valence-corrected chi connectivity index (χ2v) is 4.82. The third kappa shape index (κ3) is 3.08. The molecule has 0 saturated heterocycles. The largest absolute Gasteiger partial charge is 0.268 e. The molecule has 0 aliphatic rings. The van der Waals surface area contributed by atoms with E-state index in [1.165, 1.54) is 10.7 Å². The molecular formula is C15H15N3O. The Morgan fingerprint density at radius 1 is 1.21 bits per heavy atom. The van der Waals surface area contributed by atoms with Crippen LogP contribution in [-0.4, -0.2) is 9.78 Å². The van der Waals surface area contributed by atoms with Gasteiger partial charge in [0, 0.05) is 18.2 Å². The SMILES string of the molecule is CC(C)Cn1nc(-c2ccc(C#N)cc2)ccc1=O. The van der Waals surface area contributed by atoms with E-state index >= 15 is 0 Å². The van der Waals surface area contributed by atoms with Gasteiger partial charge in [0.2, 0.25) is 0 Å². The fraction of sp³-hybridized carbons (Fsp3) is 0.267. The molecule has 4 heteroatoms. The van der Waals surface area contributed by atoms with Crippen molar-refractivity contribution in [3.63, 3.8) is 0 Å². The van der Waals surface area contributed by atoms with Crippen molar-refractivity contribution in [3.05, 3.63) is 52.3 Å². The Kier molecular flexibility index (Phi) is 3.76. The summed E-state index contributed by atoms with van der Waals surface area (Å²) in [5.74, 6) is 0.362. The first-order valence-corrected chi connectivity index (χ1v) is 6.19. The first-order valence-electron chi connectivity index (χ1n) is 6.19. The van der Waals surface area contributed by atoms with Crippen LogP contribution >= 0.6 is 0 Å². The molecule has 0 N–H and O–H groups in total. The molecule has 0 saturated carbocycles. The number of rotatable bonds is 3. The van der Waals surface area contributed by atoms with Crippen molar-refractivity contribution in [2.75, 3.05) is 0 Å². The predicted molar refractivity (Wildman–Crippen MR) is 73.5 cm³/mol. The zero-order chi connectivity index (χ0) is 13.8. The molecule has 0 fully saturated rings. The number of hydrogen-bond acceptors (Lipinski definition) is 3. The van der Waals surface area contributed by atoms with Crippen LogP contribution in [0.1, 0.15) is 19.4 Å². The summed E-state index contributed by atoms with van der Waals surface area (Å²) in [6, 6.07) is 12.5. The molecule has 0 aliphatic carbocycles. The molecule has 19 heavy (non-hydrogen) atoms. The zero-order valence-electron chi connectivity index (χ0n) is 11.0. The van der Waals surface area contributed by atoms with Crippen molar-refractivity contribution < 1.29 is 0 Å². The summed E-state index contributed by atoms with van der Waals surface area (Å²) in [5.41, 5.74) is 2.16. The maximum atomic E-state index is 11.7. The smallest absolute Gasteiger partial charge is 0.266 e. The Hall–Kier alpha value is -2.41. The summed E-state index contributed by atoms with van der Waals surface area (Å²) in [6.07, 6.45) is 0. The molecule has 1 aromatic carbocycles. The highest BCUT2D eigenvalue weighted by Crippen LogP contribution is 2.16. The van der Waals surface area contributed by atoms with Crippen LogP contribution in [0.3, 0.4) is 0 Å². The summed E-state index contributed by atoms with van der Waals surface area (Å²) in [7, 11) is 0. The van der Waals surface area contributed by atoms with E-state index in [0.29, 0.717) is 18.0 Å². The fourth-order valence-corrected chi connectivity index (χ4v) is 1.80. The number of aromatic nitrogens is 2. The normalized spacial score (nSPS) is 10.4. The highest BCUT2D eigenvalue weighted by Gasteiger charge is 2.05. The second kappa shape index (κ2) is 5.49. The van der Waals surface area contributed by atoms with E-state index in [2.05, 4.69) is 11.2 Å². The van der Waals surface area contributed by atoms with Crippen LogP contribution in [0.4, 0.5) is 0 Å². The monoisotopic (exact) mass is 253 g/mol. The minimum absolute atomic E-state index is 0.0916. The van der Waals surface area contributed by atoms with Crippen LogP contribution in [0.2, 0.25) is 0 Å². The summed E-state index contributed by atoms with van der Waals surface area (Å²) in [5, 5.41) is 13.1. The molecule has 2 aromatic rings. The van der Waals surface area contributed by atoms with Gasteiger partial charge >= 0.3 is 0 Å². The third-order valence-corrected chi connectivity index (χ3v) is 2.71. The maximum absolute atomic E-state index is 11.7. The lowest BCUT2D eigenvalue weighted by Crippen LogP contribution is -2.24. The van der Waals surface area contributed by atoms with Gasteiger partial charge in [0.15, 0.2) is 0 Å². The molecule has 0 radical (unpaired) electrons. The Labute approximate surface area is 111 Å².